The number of ether oxygens (including phenoxy) is 1. The molecule has 1 saturated heterocycles. The first-order valence-electron chi connectivity index (χ1n) is 8.49. The van der Waals surface area contributed by atoms with Gasteiger partial charge < -0.3 is 14.5 Å². The number of rotatable bonds is 3. The second kappa shape index (κ2) is 7.39. The van der Waals surface area contributed by atoms with E-state index in [4.69, 9.17) is 16.3 Å². The molecule has 0 aromatic carbocycles. The topological polar surface area (TPSA) is 109 Å². The summed E-state index contributed by atoms with van der Waals surface area (Å²) in [5, 5.41) is 0.408. The van der Waals surface area contributed by atoms with E-state index >= 15 is 0 Å². The molecule has 0 bridgehead atoms. The van der Waals surface area contributed by atoms with E-state index in [0.29, 0.717) is 31.2 Å². The lowest BCUT2D eigenvalue weighted by molar-refractivity contribution is -0.119. The monoisotopic (exact) mass is 402 g/mol. The van der Waals surface area contributed by atoms with Crippen molar-refractivity contribution in [3.05, 3.63) is 47.1 Å². The zero-order chi connectivity index (χ0) is 19.7. The highest BCUT2D eigenvalue weighted by Crippen LogP contribution is 2.35. The van der Waals surface area contributed by atoms with Gasteiger partial charge in [0, 0.05) is 44.8 Å². The van der Waals surface area contributed by atoms with E-state index in [1.54, 1.807) is 17.0 Å². The Bertz CT molecular complexity index is 916. The van der Waals surface area contributed by atoms with Crippen molar-refractivity contribution in [1.82, 2.24) is 24.8 Å². The number of hydrogen-bond donors (Lipinski definition) is 0. The summed E-state index contributed by atoms with van der Waals surface area (Å²) < 4.78 is 5.62. The van der Waals surface area contributed by atoms with Crippen molar-refractivity contribution >= 4 is 35.8 Å². The van der Waals surface area contributed by atoms with Crippen molar-refractivity contribution in [3.8, 4) is 0 Å². The molecule has 2 aliphatic rings. The van der Waals surface area contributed by atoms with Crippen LogP contribution in [0.1, 0.15) is 22.4 Å². The lowest BCUT2D eigenvalue weighted by Gasteiger charge is -2.33. The van der Waals surface area contributed by atoms with Crippen LogP contribution in [0.2, 0.25) is 5.02 Å². The maximum absolute atomic E-state index is 12.8. The molecule has 0 radical (unpaired) electrons. The Balaban J connectivity index is 1.60. The predicted octanol–water partition coefficient (Wildman–Crippen LogP) is 1.09. The molecule has 3 amide bonds. The molecule has 0 spiro atoms. The number of carbonyl (C=O) groups excluding carboxylic acids is 3. The number of hydrogen-bond acceptors (Lipinski definition) is 7. The molecule has 10 nitrogen and oxygen atoms in total. The molecule has 28 heavy (non-hydrogen) atoms. The average molecular weight is 403 g/mol. The fourth-order valence-electron chi connectivity index (χ4n) is 3.06. The number of pyridine rings is 1. The number of aromatic nitrogens is 3. The van der Waals surface area contributed by atoms with Gasteiger partial charge in [-0.05, 0) is 12.1 Å². The molecule has 2 aliphatic heterocycles. The number of amides is 3. The number of piperazine rings is 1. The Morgan fingerprint density at radius 2 is 1.89 bits per heavy atom. The molecule has 4 heterocycles. The van der Waals surface area contributed by atoms with Crippen molar-refractivity contribution < 1.29 is 19.1 Å². The summed E-state index contributed by atoms with van der Waals surface area (Å²) >= 11 is 5.88. The third kappa shape index (κ3) is 3.22. The van der Waals surface area contributed by atoms with Crippen LogP contribution in [0.15, 0.2) is 30.7 Å². The largest absolute Gasteiger partial charge is 0.419 e. The van der Waals surface area contributed by atoms with Crippen LogP contribution in [0, 0.1) is 0 Å². The van der Waals surface area contributed by atoms with Crippen molar-refractivity contribution in [2.75, 3.05) is 31.1 Å². The number of nitrogens with zero attached hydrogens (tertiary/aromatic N) is 6. The molecule has 11 heteroatoms. The lowest BCUT2D eigenvalue weighted by Crippen LogP contribution is -2.49. The van der Waals surface area contributed by atoms with E-state index < -0.39 is 18.2 Å². The smallest absolute Gasteiger partial charge is 0.412 e. The van der Waals surface area contributed by atoms with Gasteiger partial charge in [0.05, 0.1) is 5.02 Å². The van der Waals surface area contributed by atoms with Gasteiger partial charge in [0.1, 0.15) is 11.5 Å². The van der Waals surface area contributed by atoms with Gasteiger partial charge in [-0.3, -0.25) is 14.6 Å². The van der Waals surface area contributed by atoms with Crippen LogP contribution in [-0.2, 0) is 9.53 Å². The summed E-state index contributed by atoms with van der Waals surface area (Å²) in [7, 11) is 0. The minimum Gasteiger partial charge on any atom is -0.419 e. The highest BCUT2D eigenvalue weighted by molar-refractivity contribution is 6.30. The maximum Gasteiger partial charge on any atom is 0.412 e. The molecule has 144 valence electrons. The third-order valence-corrected chi connectivity index (χ3v) is 4.73. The Hall–Kier alpha value is -3.27. The van der Waals surface area contributed by atoms with Crippen molar-refractivity contribution in [1.29, 1.82) is 0 Å². The standard InChI is InChI=1S/C17H15ClN6O4/c18-11-1-2-12(21-9-11)24-15(26)13-14(20-4-3-19-13)16(24)28-17(27)23-7-5-22(10-25)6-8-23/h1-4,9-10,16H,5-8H2/t16-/m0/s1. The fourth-order valence-corrected chi connectivity index (χ4v) is 3.17. The van der Waals surface area contributed by atoms with Crippen LogP contribution >= 0.6 is 11.6 Å². The van der Waals surface area contributed by atoms with Gasteiger partial charge in [0.2, 0.25) is 12.6 Å². The Labute approximate surface area is 164 Å². The quantitative estimate of drug-likeness (QED) is 0.707. The minimum absolute atomic E-state index is 0.0998. The van der Waals surface area contributed by atoms with Gasteiger partial charge in [-0.1, -0.05) is 11.6 Å². The van der Waals surface area contributed by atoms with E-state index in [1.807, 2.05) is 0 Å². The van der Waals surface area contributed by atoms with Gasteiger partial charge in [0.25, 0.3) is 5.91 Å². The summed E-state index contributed by atoms with van der Waals surface area (Å²) in [5.41, 5.74) is 0.340. The first kappa shape index (κ1) is 18.1. The molecule has 0 saturated carbocycles. The molecule has 4 rings (SSSR count). The molecule has 0 unspecified atom stereocenters. The summed E-state index contributed by atoms with van der Waals surface area (Å²) in [6.45, 7) is 1.51. The van der Waals surface area contributed by atoms with Crippen LogP contribution < -0.4 is 4.90 Å². The van der Waals surface area contributed by atoms with Crippen molar-refractivity contribution in [2.45, 2.75) is 6.23 Å². The number of fused-ring (bicyclic) bond motifs is 1. The Kier molecular flexibility index (Phi) is 4.78. The Morgan fingerprint density at radius 1 is 1.14 bits per heavy atom. The first-order chi connectivity index (χ1) is 13.6. The van der Waals surface area contributed by atoms with E-state index in [9.17, 15) is 14.4 Å². The van der Waals surface area contributed by atoms with Gasteiger partial charge in [-0.25, -0.2) is 19.7 Å². The first-order valence-corrected chi connectivity index (χ1v) is 8.87. The maximum atomic E-state index is 12.8. The van der Waals surface area contributed by atoms with Gasteiger partial charge >= 0.3 is 6.09 Å². The predicted molar refractivity (Wildman–Crippen MR) is 96.5 cm³/mol. The molecule has 1 atom stereocenters. The minimum atomic E-state index is -1.10. The van der Waals surface area contributed by atoms with Gasteiger partial charge in [0.15, 0.2) is 5.69 Å². The Morgan fingerprint density at radius 3 is 2.57 bits per heavy atom. The van der Waals surface area contributed by atoms with Crippen LogP contribution in [0.4, 0.5) is 10.6 Å². The summed E-state index contributed by atoms with van der Waals surface area (Å²) in [4.78, 5) is 53.0. The van der Waals surface area contributed by atoms with E-state index in [1.165, 1.54) is 28.4 Å². The van der Waals surface area contributed by atoms with Crippen molar-refractivity contribution in [3.63, 3.8) is 0 Å². The second-order valence-corrected chi connectivity index (χ2v) is 6.60. The highest BCUT2D eigenvalue weighted by atomic mass is 35.5. The van der Waals surface area contributed by atoms with Crippen LogP contribution in [-0.4, -0.2) is 69.3 Å². The number of anilines is 1. The summed E-state index contributed by atoms with van der Waals surface area (Å²) in [5.74, 6) is -0.209. The molecule has 0 N–H and O–H groups in total. The zero-order valence-corrected chi connectivity index (χ0v) is 15.3. The zero-order valence-electron chi connectivity index (χ0n) is 14.6. The van der Waals surface area contributed by atoms with Gasteiger partial charge in [-0.15, -0.1) is 0 Å². The molecule has 2 aromatic rings. The van der Waals surface area contributed by atoms with Crippen LogP contribution in [0.25, 0.3) is 0 Å². The van der Waals surface area contributed by atoms with E-state index in [-0.39, 0.29) is 17.2 Å². The highest BCUT2D eigenvalue weighted by Gasteiger charge is 2.44. The molecule has 1 fully saturated rings. The number of halogens is 1. The second-order valence-electron chi connectivity index (χ2n) is 6.16. The fraction of sp³-hybridized carbons (Fsp3) is 0.294. The molecule has 2 aromatic heterocycles. The molecule has 0 aliphatic carbocycles. The lowest BCUT2D eigenvalue weighted by atomic mass is 10.3. The normalized spacial score (nSPS) is 18.8. The number of carbonyl (C=O) groups is 3. The van der Waals surface area contributed by atoms with Gasteiger partial charge in [-0.2, -0.15) is 0 Å². The summed E-state index contributed by atoms with van der Waals surface area (Å²) in [6.07, 6.45) is 3.26. The summed E-state index contributed by atoms with van der Waals surface area (Å²) in [6, 6.07) is 3.13. The van der Waals surface area contributed by atoms with Crippen molar-refractivity contribution in [2.24, 2.45) is 0 Å². The van der Waals surface area contributed by atoms with E-state index in [2.05, 4.69) is 15.0 Å². The third-order valence-electron chi connectivity index (χ3n) is 4.51. The average Bonchev–Trinajstić information content (AvgIpc) is 3.01. The molecular weight excluding hydrogens is 388 g/mol. The van der Waals surface area contributed by atoms with E-state index in [0.717, 1.165) is 6.41 Å². The van der Waals surface area contributed by atoms with Crippen LogP contribution in [0.5, 0.6) is 0 Å². The van der Waals surface area contributed by atoms with Crippen LogP contribution in [0.3, 0.4) is 0 Å². The SMILES string of the molecule is O=CN1CCN(C(=O)O[C@H]2c3nccnc3C(=O)N2c2ccc(Cl)cn2)CC1. The molecular formula is C17H15ClN6O4.